The van der Waals surface area contributed by atoms with Gasteiger partial charge in [0.05, 0.1) is 18.6 Å². The van der Waals surface area contributed by atoms with E-state index < -0.39 is 0 Å². The standard InChI is InChI=1S/C16H22N2O3S/c1-18-13(20)8-11(14(18)12-4-2-7-22-12)15(21)17-9-16(10-19)5-3-6-16/h2,4,7,11,14,19H,3,5-6,8-10H2,1H3,(H,17,21). The van der Waals surface area contributed by atoms with Gasteiger partial charge in [-0.15, -0.1) is 11.3 Å². The predicted molar refractivity (Wildman–Crippen MR) is 84.3 cm³/mol. The molecule has 6 heteroatoms. The first-order chi connectivity index (χ1) is 10.6. The van der Waals surface area contributed by atoms with Crippen LogP contribution in [0.4, 0.5) is 0 Å². The topological polar surface area (TPSA) is 69.6 Å². The molecule has 1 aliphatic carbocycles. The van der Waals surface area contributed by atoms with E-state index >= 15 is 0 Å². The molecule has 2 aliphatic rings. The molecule has 22 heavy (non-hydrogen) atoms. The second-order valence-corrected chi connectivity index (χ2v) is 7.48. The number of carbonyl (C=O) groups is 2. The van der Waals surface area contributed by atoms with Gasteiger partial charge in [-0.3, -0.25) is 9.59 Å². The maximum atomic E-state index is 12.6. The molecular formula is C16H22N2O3S. The van der Waals surface area contributed by atoms with Gasteiger partial charge in [0.15, 0.2) is 0 Å². The number of hydrogen-bond donors (Lipinski definition) is 2. The number of aliphatic hydroxyl groups excluding tert-OH is 1. The number of nitrogens with zero attached hydrogens (tertiary/aromatic N) is 1. The SMILES string of the molecule is CN1C(=O)CC(C(=O)NCC2(CO)CCC2)C1c1cccs1. The van der Waals surface area contributed by atoms with Gasteiger partial charge in [-0.2, -0.15) is 0 Å². The fourth-order valence-corrected chi connectivity index (χ4v) is 4.36. The van der Waals surface area contributed by atoms with Crippen LogP contribution in [0.25, 0.3) is 0 Å². The summed E-state index contributed by atoms with van der Waals surface area (Å²) in [4.78, 5) is 27.3. The molecule has 1 saturated heterocycles. The molecule has 2 amide bonds. The second-order valence-electron chi connectivity index (χ2n) is 6.50. The first kappa shape index (κ1) is 15.5. The number of carbonyl (C=O) groups excluding carboxylic acids is 2. The van der Waals surface area contributed by atoms with Crippen molar-refractivity contribution in [3.63, 3.8) is 0 Å². The van der Waals surface area contributed by atoms with E-state index in [1.165, 1.54) is 0 Å². The van der Waals surface area contributed by atoms with Gasteiger partial charge in [-0.25, -0.2) is 0 Å². The smallest absolute Gasteiger partial charge is 0.226 e. The minimum absolute atomic E-state index is 0.0130. The van der Waals surface area contributed by atoms with Crippen LogP contribution in [0, 0.1) is 11.3 Å². The molecule has 2 N–H and O–H groups in total. The average molecular weight is 322 g/mol. The number of amides is 2. The Balaban J connectivity index is 1.69. The number of aliphatic hydroxyl groups is 1. The Bertz CT molecular complexity index is 548. The van der Waals surface area contributed by atoms with Gasteiger partial charge in [0, 0.05) is 30.3 Å². The molecule has 2 unspecified atom stereocenters. The van der Waals surface area contributed by atoms with Crippen LogP contribution in [0.2, 0.25) is 0 Å². The second kappa shape index (κ2) is 6.01. The van der Waals surface area contributed by atoms with Crippen molar-refractivity contribution in [1.29, 1.82) is 0 Å². The van der Waals surface area contributed by atoms with Crippen LogP contribution in [0.3, 0.4) is 0 Å². The van der Waals surface area contributed by atoms with Gasteiger partial charge in [-0.05, 0) is 24.3 Å². The maximum absolute atomic E-state index is 12.6. The summed E-state index contributed by atoms with van der Waals surface area (Å²) < 4.78 is 0. The minimum atomic E-state index is -0.341. The number of hydrogen-bond acceptors (Lipinski definition) is 4. The zero-order valence-electron chi connectivity index (χ0n) is 12.7. The molecule has 2 atom stereocenters. The maximum Gasteiger partial charge on any atom is 0.226 e. The van der Waals surface area contributed by atoms with Crippen molar-refractivity contribution in [2.45, 2.75) is 31.7 Å². The fraction of sp³-hybridized carbons (Fsp3) is 0.625. The van der Waals surface area contributed by atoms with Gasteiger partial charge < -0.3 is 15.3 Å². The monoisotopic (exact) mass is 322 g/mol. The van der Waals surface area contributed by atoms with E-state index in [4.69, 9.17) is 0 Å². The molecule has 2 heterocycles. The first-order valence-electron chi connectivity index (χ1n) is 7.74. The molecule has 3 rings (SSSR count). The molecule has 0 spiro atoms. The van der Waals surface area contributed by atoms with Crippen LogP contribution in [0.5, 0.6) is 0 Å². The van der Waals surface area contributed by atoms with E-state index in [2.05, 4.69) is 5.32 Å². The van der Waals surface area contributed by atoms with Crippen molar-refractivity contribution in [3.8, 4) is 0 Å². The number of nitrogens with one attached hydrogen (secondary N) is 1. The van der Waals surface area contributed by atoms with Crippen molar-refractivity contribution < 1.29 is 14.7 Å². The van der Waals surface area contributed by atoms with E-state index in [0.29, 0.717) is 6.54 Å². The Hall–Kier alpha value is -1.40. The predicted octanol–water partition coefficient (Wildman–Crippen LogP) is 1.55. The highest BCUT2D eigenvalue weighted by Gasteiger charge is 2.44. The quantitative estimate of drug-likeness (QED) is 0.864. The Morgan fingerprint density at radius 2 is 2.32 bits per heavy atom. The Labute approximate surface area is 134 Å². The summed E-state index contributed by atoms with van der Waals surface area (Å²) in [5, 5.41) is 14.4. The first-order valence-corrected chi connectivity index (χ1v) is 8.62. The van der Waals surface area contributed by atoms with Crippen LogP contribution < -0.4 is 5.32 Å². The third-order valence-electron chi connectivity index (χ3n) is 5.15. The van der Waals surface area contributed by atoms with Crippen molar-refractivity contribution >= 4 is 23.2 Å². The molecule has 1 aromatic heterocycles. The van der Waals surface area contributed by atoms with Crippen LogP contribution in [-0.4, -0.2) is 42.0 Å². The molecular weight excluding hydrogens is 300 g/mol. The lowest BCUT2D eigenvalue weighted by Crippen LogP contribution is -2.46. The zero-order chi connectivity index (χ0) is 15.7. The van der Waals surface area contributed by atoms with Crippen LogP contribution in [-0.2, 0) is 9.59 Å². The summed E-state index contributed by atoms with van der Waals surface area (Å²) in [6, 6.07) is 3.76. The van der Waals surface area contributed by atoms with E-state index in [0.717, 1.165) is 24.1 Å². The summed E-state index contributed by atoms with van der Waals surface area (Å²) in [5.41, 5.74) is -0.136. The zero-order valence-corrected chi connectivity index (χ0v) is 13.6. The number of likely N-dealkylation sites (tertiary alicyclic amines) is 1. The minimum Gasteiger partial charge on any atom is -0.396 e. The number of rotatable bonds is 5. The Kier molecular flexibility index (Phi) is 4.23. The Morgan fingerprint density at radius 3 is 2.86 bits per heavy atom. The van der Waals surface area contributed by atoms with Crippen molar-refractivity contribution in [1.82, 2.24) is 10.2 Å². The van der Waals surface area contributed by atoms with E-state index in [1.54, 1.807) is 23.3 Å². The summed E-state index contributed by atoms with van der Waals surface area (Å²) in [7, 11) is 1.77. The highest BCUT2D eigenvalue weighted by Crippen LogP contribution is 2.41. The summed E-state index contributed by atoms with van der Waals surface area (Å²) in [5.74, 6) is -0.401. The van der Waals surface area contributed by atoms with Crippen LogP contribution in [0.1, 0.15) is 36.6 Å². The third kappa shape index (κ3) is 2.65. The molecule has 2 fully saturated rings. The average Bonchev–Trinajstić information content (AvgIpc) is 3.07. The lowest BCUT2D eigenvalue weighted by molar-refractivity contribution is -0.128. The van der Waals surface area contributed by atoms with Gasteiger partial charge >= 0.3 is 0 Å². The molecule has 1 aliphatic heterocycles. The summed E-state index contributed by atoms with van der Waals surface area (Å²) in [6.07, 6.45) is 3.29. The van der Waals surface area contributed by atoms with Gasteiger partial charge in [0.25, 0.3) is 0 Å². The van der Waals surface area contributed by atoms with E-state index in [1.807, 2.05) is 17.5 Å². The lowest BCUT2D eigenvalue weighted by atomic mass is 9.69. The molecule has 1 aromatic rings. The van der Waals surface area contributed by atoms with E-state index in [9.17, 15) is 14.7 Å². The number of thiophene rings is 1. The van der Waals surface area contributed by atoms with E-state index in [-0.39, 0.29) is 42.2 Å². The molecule has 120 valence electrons. The highest BCUT2D eigenvalue weighted by atomic mass is 32.1. The lowest BCUT2D eigenvalue weighted by Gasteiger charge is -2.40. The van der Waals surface area contributed by atoms with Crippen molar-refractivity contribution in [2.75, 3.05) is 20.2 Å². The molecule has 0 bridgehead atoms. The molecule has 5 nitrogen and oxygen atoms in total. The summed E-state index contributed by atoms with van der Waals surface area (Å²) in [6.45, 7) is 0.624. The molecule has 0 radical (unpaired) electrons. The highest BCUT2D eigenvalue weighted by molar-refractivity contribution is 7.10. The fourth-order valence-electron chi connectivity index (χ4n) is 3.43. The van der Waals surface area contributed by atoms with Crippen LogP contribution >= 0.6 is 11.3 Å². The third-order valence-corrected chi connectivity index (χ3v) is 6.09. The van der Waals surface area contributed by atoms with Gasteiger partial charge in [-0.1, -0.05) is 12.5 Å². The van der Waals surface area contributed by atoms with Crippen molar-refractivity contribution in [2.24, 2.45) is 11.3 Å². The normalized spacial score (nSPS) is 26.8. The Morgan fingerprint density at radius 1 is 1.55 bits per heavy atom. The van der Waals surface area contributed by atoms with Crippen molar-refractivity contribution in [3.05, 3.63) is 22.4 Å². The summed E-state index contributed by atoms with van der Waals surface area (Å²) >= 11 is 1.58. The molecule has 0 aromatic carbocycles. The van der Waals surface area contributed by atoms with Gasteiger partial charge in [0.2, 0.25) is 11.8 Å². The molecule has 1 saturated carbocycles. The largest absolute Gasteiger partial charge is 0.396 e. The van der Waals surface area contributed by atoms with Crippen LogP contribution in [0.15, 0.2) is 17.5 Å². The van der Waals surface area contributed by atoms with Gasteiger partial charge in [0.1, 0.15) is 0 Å².